The van der Waals surface area contributed by atoms with Gasteiger partial charge in [0.1, 0.15) is 11.5 Å². The molecule has 0 saturated carbocycles. The summed E-state index contributed by atoms with van der Waals surface area (Å²) in [5.41, 5.74) is 1.08. The number of rotatable bonds is 5. The number of nitrogens with one attached hydrogen (secondary N) is 1. The van der Waals surface area contributed by atoms with Crippen molar-refractivity contribution < 1.29 is 4.74 Å². The lowest BCUT2D eigenvalue weighted by Crippen LogP contribution is -2.01. The van der Waals surface area contributed by atoms with Crippen LogP contribution in [0.3, 0.4) is 0 Å². The van der Waals surface area contributed by atoms with Gasteiger partial charge in [0.15, 0.2) is 0 Å². The molecule has 0 atom stereocenters. The molecule has 88 valence electrons. The zero-order valence-corrected chi connectivity index (χ0v) is 10.4. The van der Waals surface area contributed by atoms with Crippen molar-refractivity contribution >= 4 is 18.3 Å². The predicted octanol–water partition coefficient (Wildman–Crippen LogP) is 3.82. The highest BCUT2D eigenvalue weighted by Crippen LogP contribution is 2.22. The number of hydrogen-bond acceptors (Lipinski definition) is 3. The molecule has 0 aliphatic rings. The van der Waals surface area contributed by atoms with E-state index in [0.717, 1.165) is 29.5 Å². The molecule has 2 rings (SSSR count). The lowest BCUT2D eigenvalue weighted by molar-refractivity contribution is 0.483. The highest BCUT2D eigenvalue weighted by atomic mass is 32.1. The molecule has 0 aromatic heterocycles. The molecule has 0 heterocycles. The maximum atomic E-state index is 5.69. The van der Waals surface area contributed by atoms with Gasteiger partial charge in [-0.25, -0.2) is 0 Å². The maximum absolute atomic E-state index is 5.69. The molecule has 0 fully saturated rings. The first kappa shape index (κ1) is 11.9. The third-order valence-electron chi connectivity index (χ3n) is 2.27. The van der Waals surface area contributed by atoms with Crippen LogP contribution >= 0.6 is 12.6 Å². The second-order valence-electron chi connectivity index (χ2n) is 3.59. The van der Waals surface area contributed by atoms with Gasteiger partial charge in [-0.1, -0.05) is 18.2 Å². The molecular formula is C14H15NOS. The van der Waals surface area contributed by atoms with Crippen molar-refractivity contribution in [3.05, 3.63) is 54.6 Å². The van der Waals surface area contributed by atoms with Crippen molar-refractivity contribution in [3.63, 3.8) is 0 Å². The second kappa shape index (κ2) is 6.21. The van der Waals surface area contributed by atoms with Crippen LogP contribution in [0.5, 0.6) is 11.5 Å². The van der Waals surface area contributed by atoms with E-state index in [0.29, 0.717) is 0 Å². The fourth-order valence-corrected chi connectivity index (χ4v) is 1.58. The Kier molecular flexibility index (Phi) is 4.33. The summed E-state index contributed by atoms with van der Waals surface area (Å²) in [5, 5.41) is 3.25. The minimum Gasteiger partial charge on any atom is -0.457 e. The Labute approximate surface area is 107 Å². The Morgan fingerprint density at radius 1 is 0.882 bits per heavy atom. The second-order valence-corrected chi connectivity index (χ2v) is 4.04. The summed E-state index contributed by atoms with van der Waals surface area (Å²) in [5.74, 6) is 2.51. The average molecular weight is 245 g/mol. The van der Waals surface area contributed by atoms with Crippen molar-refractivity contribution in [1.29, 1.82) is 0 Å². The van der Waals surface area contributed by atoms with Gasteiger partial charge in [0.2, 0.25) is 0 Å². The number of para-hydroxylation sites is 1. The SMILES string of the molecule is SCCNc1ccc(Oc2ccccc2)cc1. The molecule has 3 heteroatoms. The minimum absolute atomic E-state index is 0.822. The van der Waals surface area contributed by atoms with E-state index >= 15 is 0 Å². The number of anilines is 1. The quantitative estimate of drug-likeness (QED) is 0.781. The summed E-state index contributed by atoms with van der Waals surface area (Å²) in [6.45, 7) is 0.863. The number of thiol groups is 1. The third-order valence-corrected chi connectivity index (χ3v) is 2.50. The zero-order chi connectivity index (χ0) is 11.9. The van der Waals surface area contributed by atoms with Gasteiger partial charge in [-0.2, -0.15) is 12.6 Å². The van der Waals surface area contributed by atoms with Gasteiger partial charge in [0, 0.05) is 18.0 Å². The molecule has 0 unspecified atom stereocenters. The van der Waals surface area contributed by atoms with Crippen LogP contribution in [0.15, 0.2) is 54.6 Å². The summed E-state index contributed by atoms with van der Waals surface area (Å²) in [6, 6.07) is 17.7. The van der Waals surface area contributed by atoms with Crippen LogP contribution in [0.1, 0.15) is 0 Å². The van der Waals surface area contributed by atoms with E-state index in [-0.39, 0.29) is 0 Å². The number of benzene rings is 2. The van der Waals surface area contributed by atoms with E-state index < -0.39 is 0 Å². The first-order chi connectivity index (χ1) is 8.38. The van der Waals surface area contributed by atoms with Gasteiger partial charge in [-0.15, -0.1) is 0 Å². The minimum atomic E-state index is 0.822. The van der Waals surface area contributed by atoms with Crippen molar-refractivity contribution in [1.82, 2.24) is 0 Å². The van der Waals surface area contributed by atoms with Crippen molar-refractivity contribution in [3.8, 4) is 11.5 Å². The first-order valence-electron chi connectivity index (χ1n) is 5.56. The molecule has 0 amide bonds. The van der Waals surface area contributed by atoms with Crippen LogP contribution in [0.4, 0.5) is 5.69 Å². The van der Waals surface area contributed by atoms with Crippen molar-refractivity contribution in [2.24, 2.45) is 0 Å². The molecule has 2 aromatic rings. The summed E-state index contributed by atoms with van der Waals surface area (Å²) < 4.78 is 5.69. The Hall–Kier alpha value is -1.61. The molecule has 0 radical (unpaired) electrons. The fourth-order valence-electron chi connectivity index (χ4n) is 1.47. The Balaban J connectivity index is 1.98. The molecule has 0 spiro atoms. The van der Waals surface area contributed by atoms with Crippen LogP contribution in [0.2, 0.25) is 0 Å². The molecule has 1 N–H and O–H groups in total. The Bertz CT molecular complexity index is 442. The molecule has 0 saturated heterocycles. The first-order valence-corrected chi connectivity index (χ1v) is 6.19. The van der Waals surface area contributed by atoms with Gasteiger partial charge in [0.25, 0.3) is 0 Å². The van der Waals surface area contributed by atoms with Crippen LogP contribution < -0.4 is 10.1 Å². The average Bonchev–Trinajstić information content (AvgIpc) is 2.39. The number of ether oxygens (including phenoxy) is 1. The summed E-state index contributed by atoms with van der Waals surface area (Å²) in [7, 11) is 0. The standard InChI is InChI=1S/C14H15NOS/c17-11-10-15-12-6-8-14(9-7-12)16-13-4-2-1-3-5-13/h1-9,15,17H,10-11H2. The Morgan fingerprint density at radius 3 is 2.18 bits per heavy atom. The zero-order valence-electron chi connectivity index (χ0n) is 9.47. The van der Waals surface area contributed by atoms with E-state index in [1.807, 2.05) is 54.6 Å². The van der Waals surface area contributed by atoms with Gasteiger partial charge in [-0.05, 0) is 36.4 Å². The van der Waals surface area contributed by atoms with Gasteiger partial charge in [-0.3, -0.25) is 0 Å². The largest absolute Gasteiger partial charge is 0.457 e. The molecule has 17 heavy (non-hydrogen) atoms. The highest BCUT2D eigenvalue weighted by molar-refractivity contribution is 7.80. The molecule has 2 nitrogen and oxygen atoms in total. The van der Waals surface area contributed by atoms with E-state index in [1.165, 1.54) is 0 Å². The molecule has 2 aromatic carbocycles. The smallest absolute Gasteiger partial charge is 0.127 e. The highest BCUT2D eigenvalue weighted by Gasteiger charge is 1.96. The van der Waals surface area contributed by atoms with Crippen LogP contribution in [-0.2, 0) is 0 Å². The fraction of sp³-hybridized carbons (Fsp3) is 0.143. The molecule has 0 aliphatic carbocycles. The van der Waals surface area contributed by atoms with E-state index in [9.17, 15) is 0 Å². The van der Waals surface area contributed by atoms with Gasteiger partial charge < -0.3 is 10.1 Å². The monoisotopic (exact) mass is 245 g/mol. The third kappa shape index (κ3) is 3.71. The van der Waals surface area contributed by atoms with Crippen molar-refractivity contribution in [2.45, 2.75) is 0 Å². The predicted molar refractivity (Wildman–Crippen MR) is 75.3 cm³/mol. The lowest BCUT2D eigenvalue weighted by atomic mass is 10.3. The molecule has 0 aliphatic heterocycles. The topological polar surface area (TPSA) is 21.3 Å². The summed E-state index contributed by atoms with van der Waals surface area (Å²) in [4.78, 5) is 0. The number of hydrogen-bond donors (Lipinski definition) is 2. The van der Waals surface area contributed by atoms with E-state index in [4.69, 9.17) is 4.74 Å². The van der Waals surface area contributed by atoms with Gasteiger partial charge in [0.05, 0.1) is 0 Å². The lowest BCUT2D eigenvalue weighted by Gasteiger charge is -2.07. The summed E-state index contributed by atoms with van der Waals surface area (Å²) in [6.07, 6.45) is 0. The molecule has 0 bridgehead atoms. The summed E-state index contributed by atoms with van der Waals surface area (Å²) >= 11 is 4.15. The van der Waals surface area contributed by atoms with Gasteiger partial charge >= 0.3 is 0 Å². The van der Waals surface area contributed by atoms with Crippen LogP contribution in [-0.4, -0.2) is 12.3 Å². The normalized spacial score (nSPS) is 9.94. The van der Waals surface area contributed by atoms with E-state index in [2.05, 4.69) is 17.9 Å². The maximum Gasteiger partial charge on any atom is 0.127 e. The Morgan fingerprint density at radius 2 is 1.53 bits per heavy atom. The van der Waals surface area contributed by atoms with Crippen molar-refractivity contribution in [2.75, 3.05) is 17.6 Å². The molecular weight excluding hydrogens is 230 g/mol. The van der Waals surface area contributed by atoms with Crippen LogP contribution in [0.25, 0.3) is 0 Å². The van der Waals surface area contributed by atoms with E-state index in [1.54, 1.807) is 0 Å². The van der Waals surface area contributed by atoms with Crippen LogP contribution in [0, 0.1) is 0 Å².